The Morgan fingerprint density at radius 2 is 2.15 bits per heavy atom. The van der Waals surface area contributed by atoms with E-state index in [9.17, 15) is 9.59 Å². The van der Waals surface area contributed by atoms with Gasteiger partial charge < -0.3 is 9.88 Å². The number of nitrogens with one attached hydrogen (secondary N) is 2. The maximum absolute atomic E-state index is 11.8. The summed E-state index contributed by atoms with van der Waals surface area (Å²) in [7, 11) is 2.02. The van der Waals surface area contributed by atoms with Gasteiger partial charge in [0, 0.05) is 31.0 Å². The highest BCUT2D eigenvalue weighted by Gasteiger charge is 2.09. The normalized spacial score (nSPS) is 10.6. The van der Waals surface area contributed by atoms with Crippen LogP contribution in [0.5, 0.6) is 0 Å². The highest BCUT2D eigenvalue weighted by atomic mass is 16.2. The van der Waals surface area contributed by atoms with Crippen molar-refractivity contribution in [3.8, 4) is 0 Å². The highest BCUT2D eigenvalue weighted by molar-refractivity contribution is 5.91. The van der Waals surface area contributed by atoms with Crippen LogP contribution in [0, 0.1) is 13.8 Å². The first kappa shape index (κ1) is 14.0. The van der Waals surface area contributed by atoms with Gasteiger partial charge in [-0.25, -0.2) is 5.10 Å². The number of hydrogen-bond acceptors (Lipinski definition) is 3. The van der Waals surface area contributed by atoms with Gasteiger partial charge in [0.25, 0.3) is 11.5 Å². The topological polar surface area (TPSA) is 79.8 Å². The predicted molar refractivity (Wildman–Crippen MR) is 75.8 cm³/mol. The highest BCUT2D eigenvalue weighted by Crippen LogP contribution is 2.13. The van der Waals surface area contributed by atoms with Crippen molar-refractivity contribution >= 4 is 5.91 Å². The summed E-state index contributed by atoms with van der Waals surface area (Å²) < 4.78 is 2.13. The van der Waals surface area contributed by atoms with E-state index in [-0.39, 0.29) is 17.2 Å². The van der Waals surface area contributed by atoms with Crippen molar-refractivity contribution in [1.29, 1.82) is 0 Å². The fourth-order valence-corrected chi connectivity index (χ4v) is 2.06. The molecule has 0 aromatic carbocycles. The Morgan fingerprint density at radius 3 is 2.70 bits per heavy atom. The van der Waals surface area contributed by atoms with Crippen molar-refractivity contribution in [3.63, 3.8) is 0 Å². The molecule has 6 heteroatoms. The summed E-state index contributed by atoms with van der Waals surface area (Å²) >= 11 is 0. The minimum Gasteiger partial charge on any atom is -0.352 e. The standard InChI is InChI=1S/C14H18N4O2/c1-9-8-11(10(2)18(9)3)6-7-15-14(20)12-4-5-13(19)17-16-12/h4-5,8H,6-7H2,1-3H3,(H,15,20)(H,17,19). The first-order chi connectivity index (χ1) is 9.49. The summed E-state index contributed by atoms with van der Waals surface area (Å²) in [6.45, 7) is 4.65. The zero-order chi connectivity index (χ0) is 14.7. The van der Waals surface area contributed by atoms with Crippen molar-refractivity contribution < 1.29 is 4.79 Å². The maximum atomic E-state index is 11.8. The predicted octanol–water partition coefficient (Wildman–Crippen LogP) is 0.698. The number of carbonyl (C=O) groups excluding carboxylic acids is 1. The van der Waals surface area contributed by atoms with Crippen molar-refractivity contribution in [2.75, 3.05) is 6.54 Å². The van der Waals surface area contributed by atoms with Crippen LogP contribution in [0.3, 0.4) is 0 Å². The third kappa shape index (κ3) is 2.96. The van der Waals surface area contributed by atoms with E-state index in [0.717, 1.165) is 6.42 Å². The SMILES string of the molecule is Cc1cc(CCNC(=O)c2ccc(=O)[nH]n2)c(C)n1C. The van der Waals surface area contributed by atoms with Gasteiger partial charge in [-0.15, -0.1) is 0 Å². The Labute approximate surface area is 116 Å². The van der Waals surface area contributed by atoms with Crippen LogP contribution in [0.2, 0.25) is 0 Å². The van der Waals surface area contributed by atoms with Crippen molar-refractivity contribution in [3.05, 3.63) is 51.2 Å². The van der Waals surface area contributed by atoms with Crippen LogP contribution in [-0.2, 0) is 13.5 Å². The lowest BCUT2D eigenvalue weighted by Gasteiger charge is -2.05. The Balaban J connectivity index is 1.92. The molecule has 0 spiro atoms. The lowest BCUT2D eigenvalue weighted by molar-refractivity contribution is 0.0948. The Kier molecular flexibility index (Phi) is 4.02. The van der Waals surface area contributed by atoms with Gasteiger partial charge in [-0.3, -0.25) is 9.59 Å². The number of aromatic amines is 1. The van der Waals surface area contributed by atoms with Crippen LogP contribution in [-0.4, -0.2) is 27.2 Å². The number of aromatic nitrogens is 3. The van der Waals surface area contributed by atoms with Gasteiger partial charge >= 0.3 is 0 Å². The summed E-state index contributed by atoms with van der Waals surface area (Å²) in [5.41, 5.74) is 3.52. The molecule has 20 heavy (non-hydrogen) atoms. The molecule has 0 aliphatic carbocycles. The molecule has 2 rings (SSSR count). The minimum atomic E-state index is -0.322. The van der Waals surface area contributed by atoms with Gasteiger partial charge in [-0.1, -0.05) is 0 Å². The first-order valence-electron chi connectivity index (χ1n) is 6.45. The van der Waals surface area contributed by atoms with E-state index in [0.29, 0.717) is 6.54 Å². The third-order valence-corrected chi connectivity index (χ3v) is 3.47. The summed E-state index contributed by atoms with van der Waals surface area (Å²) in [5.74, 6) is -0.286. The summed E-state index contributed by atoms with van der Waals surface area (Å²) in [6.07, 6.45) is 0.766. The Morgan fingerprint density at radius 1 is 1.40 bits per heavy atom. The maximum Gasteiger partial charge on any atom is 0.271 e. The molecule has 2 heterocycles. The molecule has 1 amide bonds. The summed E-state index contributed by atoms with van der Waals surface area (Å²) in [5, 5.41) is 8.72. The van der Waals surface area contributed by atoms with Crippen molar-refractivity contribution in [1.82, 2.24) is 20.1 Å². The Bertz CT molecular complexity index is 664. The van der Waals surface area contributed by atoms with Crippen LogP contribution in [0.15, 0.2) is 23.0 Å². The van der Waals surface area contributed by atoms with E-state index in [4.69, 9.17) is 0 Å². The van der Waals surface area contributed by atoms with E-state index in [1.807, 2.05) is 7.05 Å². The molecule has 2 N–H and O–H groups in total. The molecule has 106 valence electrons. The van der Waals surface area contributed by atoms with Gasteiger partial charge in [-0.2, -0.15) is 5.10 Å². The summed E-state index contributed by atoms with van der Waals surface area (Å²) in [6, 6.07) is 4.82. The van der Waals surface area contributed by atoms with Crippen LogP contribution in [0.1, 0.15) is 27.4 Å². The summed E-state index contributed by atoms with van der Waals surface area (Å²) in [4.78, 5) is 22.7. The molecular weight excluding hydrogens is 256 g/mol. The zero-order valence-corrected chi connectivity index (χ0v) is 11.9. The molecule has 0 aliphatic heterocycles. The van der Waals surface area contributed by atoms with E-state index in [1.54, 1.807) is 0 Å². The van der Waals surface area contributed by atoms with Crippen molar-refractivity contribution in [2.24, 2.45) is 7.05 Å². The van der Waals surface area contributed by atoms with Gasteiger partial charge in [0.1, 0.15) is 5.69 Å². The zero-order valence-electron chi connectivity index (χ0n) is 11.9. The van der Waals surface area contributed by atoms with Gasteiger partial charge in [0.05, 0.1) is 0 Å². The van der Waals surface area contributed by atoms with E-state index < -0.39 is 0 Å². The molecule has 0 bridgehead atoms. The first-order valence-corrected chi connectivity index (χ1v) is 6.45. The molecular formula is C14H18N4O2. The number of aryl methyl sites for hydroxylation is 1. The number of amides is 1. The molecule has 0 saturated heterocycles. The lowest BCUT2D eigenvalue weighted by Crippen LogP contribution is -2.27. The van der Waals surface area contributed by atoms with Crippen LogP contribution in [0.25, 0.3) is 0 Å². The second-order valence-corrected chi connectivity index (χ2v) is 4.77. The molecule has 0 saturated carbocycles. The van der Waals surface area contributed by atoms with Crippen LogP contribution >= 0.6 is 0 Å². The molecule has 6 nitrogen and oxygen atoms in total. The fourth-order valence-electron chi connectivity index (χ4n) is 2.06. The van der Waals surface area contributed by atoms with Gasteiger partial charge in [0.2, 0.25) is 0 Å². The van der Waals surface area contributed by atoms with E-state index in [1.165, 1.54) is 29.1 Å². The third-order valence-electron chi connectivity index (χ3n) is 3.47. The molecule has 0 unspecified atom stereocenters. The second kappa shape index (κ2) is 5.73. The molecule has 2 aromatic heterocycles. The number of carbonyl (C=O) groups is 1. The average molecular weight is 274 g/mol. The average Bonchev–Trinajstić information content (AvgIpc) is 2.67. The van der Waals surface area contributed by atoms with Gasteiger partial charge in [0.15, 0.2) is 0 Å². The molecule has 0 atom stereocenters. The van der Waals surface area contributed by atoms with Crippen LogP contribution in [0.4, 0.5) is 0 Å². The number of hydrogen-bond donors (Lipinski definition) is 2. The molecule has 2 aromatic rings. The van der Waals surface area contributed by atoms with Gasteiger partial charge in [-0.05, 0) is 38.0 Å². The smallest absolute Gasteiger partial charge is 0.271 e. The Hall–Kier alpha value is -2.37. The number of rotatable bonds is 4. The number of nitrogens with zero attached hydrogens (tertiary/aromatic N) is 2. The van der Waals surface area contributed by atoms with Crippen LogP contribution < -0.4 is 10.9 Å². The van der Waals surface area contributed by atoms with E-state index >= 15 is 0 Å². The number of H-pyrrole nitrogens is 1. The van der Waals surface area contributed by atoms with Crippen molar-refractivity contribution in [2.45, 2.75) is 20.3 Å². The second-order valence-electron chi connectivity index (χ2n) is 4.77. The lowest BCUT2D eigenvalue weighted by atomic mass is 10.2. The van der Waals surface area contributed by atoms with E-state index in [2.05, 4.69) is 40.0 Å². The molecule has 0 radical (unpaired) electrons. The fraction of sp³-hybridized carbons (Fsp3) is 0.357. The minimum absolute atomic E-state index is 0.213. The molecule has 0 fully saturated rings. The quantitative estimate of drug-likeness (QED) is 0.861. The molecule has 0 aliphatic rings. The monoisotopic (exact) mass is 274 g/mol. The largest absolute Gasteiger partial charge is 0.352 e.